The van der Waals surface area contributed by atoms with E-state index in [9.17, 15) is 0 Å². The Morgan fingerprint density at radius 3 is 3.00 bits per heavy atom. The Balaban J connectivity index is 1.74. The van der Waals surface area contributed by atoms with Crippen LogP contribution in [0.4, 0.5) is 0 Å². The second kappa shape index (κ2) is 6.62. The van der Waals surface area contributed by atoms with Crippen molar-refractivity contribution >= 4 is 0 Å². The SMILES string of the molecule is COCCNCc1cccc(OCC2CC2)c1. The highest BCUT2D eigenvalue weighted by atomic mass is 16.5. The van der Waals surface area contributed by atoms with Gasteiger partial charge in [-0.05, 0) is 36.5 Å². The molecule has 1 aliphatic carbocycles. The molecule has 1 aromatic carbocycles. The lowest BCUT2D eigenvalue weighted by Crippen LogP contribution is -2.18. The van der Waals surface area contributed by atoms with Crippen LogP contribution in [0.5, 0.6) is 5.75 Å². The third-order valence-corrected chi connectivity index (χ3v) is 2.89. The highest BCUT2D eigenvalue weighted by Crippen LogP contribution is 2.29. The summed E-state index contributed by atoms with van der Waals surface area (Å²) in [6.07, 6.45) is 2.66. The summed E-state index contributed by atoms with van der Waals surface area (Å²) in [6, 6.07) is 8.31. The van der Waals surface area contributed by atoms with Crippen molar-refractivity contribution < 1.29 is 9.47 Å². The Kier molecular flexibility index (Phi) is 4.83. The molecular formula is C14H21NO2. The van der Waals surface area contributed by atoms with Crippen LogP contribution in [-0.4, -0.2) is 26.9 Å². The van der Waals surface area contributed by atoms with Crippen LogP contribution in [0.1, 0.15) is 18.4 Å². The van der Waals surface area contributed by atoms with E-state index in [1.807, 2.05) is 6.07 Å². The number of hydrogen-bond donors (Lipinski definition) is 1. The average Bonchev–Trinajstić information content (AvgIpc) is 3.17. The van der Waals surface area contributed by atoms with E-state index >= 15 is 0 Å². The molecule has 17 heavy (non-hydrogen) atoms. The second-order valence-corrected chi connectivity index (χ2v) is 4.57. The van der Waals surface area contributed by atoms with Gasteiger partial charge < -0.3 is 14.8 Å². The average molecular weight is 235 g/mol. The number of ether oxygens (including phenoxy) is 2. The standard InChI is InChI=1S/C14H21NO2/c1-16-8-7-15-10-13-3-2-4-14(9-13)17-11-12-5-6-12/h2-4,9,12,15H,5-8,10-11H2,1H3. The maximum absolute atomic E-state index is 5.75. The van der Waals surface area contributed by atoms with Gasteiger partial charge >= 0.3 is 0 Å². The van der Waals surface area contributed by atoms with Crippen molar-refractivity contribution in [3.8, 4) is 5.75 Å². The molecule has 0 radical (unpaired) electrons. The molecule has 94 valence electrons. The van der Waals surface area contributed by atoms with E-state index in [2.05, 4.69) is 23.5 Å². The van der Waals surface area contributed by atoms with Crippen LogP contribution in [0, 0.1) is 5.92 Å². The number of methoxy groups -OCH3 is 1. The van der Waals surface area contributed by atoms with Crippen LogP contribution in [0.2, 0.25) is 0 Å². The van der Waals surface area contributed by atoms with Crippen LogP contribution in [-0.2, 0) is 11.3 Å². The number of rotatable bonds is 8. The van der Waals surface area contributed by atoms with Gasteiger partial charge in [-0.1, -0.05) is 12.1 Å². The summed E-state index contributed by atoms with van der Waals surface area (Å²) in [4.78, 5) is 0. The van der Waals surface area contributed by atoms with E-state index < -0.39 is 0 Å². The summed E-state index contributed by atoms with van der Waals surface area (Å²) in [5, 5.41) is 3.33. The lowest BCUT2D eigenvalue weighted by Gasteiger charge is -2.08. The molecule has 2 rings (SSSR count). The van der Waals surface area contributed by atoms with E-state index in [-0.39, 0.29) is 0 Å². The Hall–Kier alpha value is -1.06. The van der Waals surface area contributed by atoms with Gasteiger partial charge in [0.15, 0.2) is 0 Å². The predicted octanol–water partition coefficient (Wildman–Crippen LogP) is 2.21. The minimum Gasteiger partial charge on any atom is -0.493 e. The molecule has 3 nitrogen and oxygen atoms in total. The Morgan fingerprint density at radius 2 is 2.24 bits per heavy atom. The van der Waals surface area contributed by atoms with Gasteiger partial charge in [0.1, 0.15) is 5.75 Å². The van der Waals surface area contributed by atoms with Crippen molar-refractivity contribution in [2.75, 3.05) is 26.9 Å². The summed E-state index contributed by atoms with van der Waals surface area (Å²) in [7, 11) is 1.72. The van der Waals surface area contributed by atoms with Crippen LogP contribution in [0.25, 0.3) is 0 Å². The second-order valence-electron chi connectivity index (χ2n) is 4.57. The lowest BCUT2D eigenvalue weighted by atomic mass is 10.2. The summed E-state index contributed by atoms with van der Waals surface area (Å²) >= 11 is 0. The van der Waals surface area contributed by atoms with Crippen LogP contribution < -0.4 is 10.1 Å². The van der Waals surface area contributed by atoms with Gasteiger partial charge in [0.2, 0.25) is 0 Å². The van der Waals surface area contributed by atoms with Gasteiger partial charge in [-0.2, -0.15) is 0 Å². The number of benzene rings is 1. The van der Waals surface area contributed by atoms with Crippen molar-refractivity contribution in [3.05, 3.63) is 29.8 Å². The van der Waals surface area contributed by atoms with Gasteiger partial charge in [-0.15, -0.1) is 0 Å². The number of nitrogens with one attached hydrogen (secondary N) is 1. The van der Waals surface area contributed by atoms with Crippen LogP contribution in [0.15, 0.2) is 24.3 Å². The highest BCUT2D eigenvalue weighted by Gasteiger charge is 2.21. The fraction of sp³-hybridized carbons (Fsp3) is 0.571. The largest absolute Gasteiger partial charge is 0.493 e. The van der Waals surface area contributed by atoms with Crippen LogP contribution in [0.3, 0.4) is 0 Å². The highest BCUT2D eigenvalue weighted by molar-refractivity contribution is 5.28. The first kappa shape index (κ1) is 12.4. The molecule has 3 heteroatoms. The molecule has 1 aromatic rings. The summed E-state index contributed by atoms with van der Waals surface area (Å²) in [5.41, 5.74) is 1.26. The Labute approximate surface area is 103 Å². The van der Waals surface area contributed by atoms with Crippen molar-refractivity contribution in [2.45, 2.75) is 19.4 Å². The first-order chi connectivity index (χ1) is 8.38. The summed E-state index contributed by atoms with van der Waals surface area (Å²) < 4.78 is 10.7. The monoisotopic (exact) mass is 235 g/mol. The van der Waals surface area contributed by atoms with Crippen molar-refractivity contribution in [3.63, 3.8) is 0 Å². The summed E-state index contributed by atoms with van der Waals surface area (Å²) in [5.74, 6) is 1.79. The van der Waals surface area contributed by atoms with E-state index in [4.69, 9.17) is 9.47 Å². The van der Waals surface area contributed by atoms with Gasteiger partial charge in [-0.3, -0.25) is 0 Å². The predicted molar refractivity (Wildman–Crippen MR) is 68.2 cm³/mol. The van der Waals surface area contributed by atoms with Gasteiger partial charge in [0.25, 0.3) is 0 Å². The van der Waals surface area contributed by atoms with E-state index in [1.165, 1.54) is 18.4 Å². The molecule has 0 bridgehead atoms. The first-order valence-electron chi connectivity index (χ1n) is 6.30. The third-order valence-electron chi connectivity index (χ3n) is 2.89. The first-order valence-corrected chi connectivity index (χ1v) is 6.30. The van der Waals surface area contributed by atoms with E-state index in [0.29, 0.717) is 0 Å². The molecule has 0 saturated heterocycles. The molecule has 1 N–H and O–H groups in total. The van der Waals surface area contributed by atoms with E-state index in [1.54, 1.807) is 7.11 Å². The third kappa shape index (κ3) is 4.75. The summed E-state index contributed by atoms with van der Waals surface area (Å²) in [6.45, 7) is 3.37. The zero-order chi connectivity index (χ0) is 11.9. The molecule has 0 aromatic heterocycles. The Morgan fingerprint density at radius 1 is 1.35 bits per heavy atom. The normalized spacial score (nSPS) is 14.9. The van der Waals surface area contributed by atoms with E-state index in [0.717, 1.165) is 38.0 Å². The van der Waals surface area contributed by atoms with Gasteiger partial charge in [0.05, 0.1) is 13.2 Å². The molecule has 0 amide bonds. The van der Waals surface area contributed by atoms with Gasteiger partial charge in [-0.25, -0.2) is 0 Å². The molecular weight excluding hydrogens is 214 g/mol. The smallest absolute Gasteiger partial charge is 0.119 e. The molecule has 0 atom stereocenters. The topological polar surface area (TPSA) is 30.5 Å². The maximum atomic E-state index is 5.75. The molecule has 1 saturated carbocycles. The molecule has 0 spiro atoms. The molecule has 0 unspecified atom stereocenters. The lowest BCUT2D eigenvalue weighted by molar-refractivity contribution is 0.199. The van der Waals surface area contributed by atoms with Crippen molar-refractivity contribution in [1.29, 1.82) is 0 Å². The Bertz CT molecular complexity index is 337. The molecule has 0 aliphatic heterocycles. The number of hydrogen-bond acceptors (Lipinski definition) is 3. The molecule has 0 heterocycles. The quantitative estimate of drug-likeness (QED) is 0.701. The zero-order valence-electron chi connectivity index (χ0n) is 10.4. The van der Waals surface area contributed by atoms with Gasteiger partial charge in [0, 0.05) is 20.2 Å². The molecule has 1 aliphatic rings. The maximum Gasteiger partial charge on any atom is 0.119 e. The zero-order valence-corrected chi connectivity index (χ0v) is 10.4. The van der Waals surface area contributed by atoms with Crippen LogP contribution >= 0.6 is 0 Å². The fourth-order valence-electron chi connectivity index (χ4n) is 1.65. The minimum atomic E-state index is 0.748. The fourth-order valence-corrected chi connectivity index (χ4v) is 1.65. The van der Waals surface area contributed by atoms with Crippen molar-refractivity contribution in [1.82, 2.24) is 5.32 Å². The van der Waals surface area contributed by atoms with Crippen molar-refractivity contribution in [2.24, 2.45) is 5.92 Å². The minimum absolute atomic E-state index is 0.748. The molecule has 1 fully saturated rings.